The summed E-state index contributed by atoms with van der Waals surface area (Å²) in [6, 6.07) is 13.9. The third kappa shape index (κ3) is 4.23. The number of hydrogen-bond acceptors (Lipinski definition) is 3. The van der Waals surface area contributed by atoms with E-state index in [0.717, 1.165) is 17.9 Å². The first-order chi connectivity index (χ1) is 10.1. The van der Waals surface area contributed by atoms with Crippen molar-refractivity contribution in [3.63, 3.8) is 0 Å². The number of methoxy groups -OCH3 is 1. The van der Waals surface area contributed by atoms with Crippen LogP contribution in [0.1, 0.15) is 36.5 Å². The van der Waals surface area contributed by atoms with E-state index in [1.54, 1.807) is 19.2 Å². The molecular weight excluding hydrogens is 262 g/mol. The molecule has 0 fully saturated rings. The van der Waals surface area contributed by atoms with Crippen LogP contribution < -0.4 is 10.1 Å². The van der Waals surface area contributed by atoms with Gasteiger partial charge in [-0.1, -0.05) is 38.1 Å². The summed E-state index contributed by atoms with van der Waals surface area (Å²) >= 11 is 0. The summed E-state index contributed by atoms with van der Waals surface area (Å²) in [5, 5.41) is 13.2. The lowest BCUT2D eigenvalue weighted by Gasteiger charge is -2.10. The maximum absolute atomic E-state index is 9.83. The predicted octanol–water partition coefficient (Wildman–Crippen LogP) is 3.81. The van der Waals surface area contributed by atoms with Crippen LogP contribution in [-0.2, 0) is 13.1 Å². The van der Waals surface area contributed by atoms with Crippen molar-refractivity contribution in [3.8, 4) is 11.5 Å². The van der Waals surface area contributed by atoms with Crippen LogP contribution in [-0.4, -0.2) is 12.2 Å². The average molecular weight is 285 g/mol. The first kappa shape index (κ1) is 15.4. The minimum absolute atomic E-state index is 0.290. The van der Waals surface area contributed by atoms with E-state index in [1.807, 2.05) is 6.07 Å². The van der Waals surface area contributed by atoms with Crippen LogP contribution in [0.15, 0.2) is 42.5 Å². The molecule has 0 radical (unpaired) electrons. The molecule has 0 aliphatic carbocycles. The lowest BCUT2D eigenvalue weighted by atomic mass is 10.0. The van der Waals surface area contributed by atoms with E-state index < -0.39 is 0 Å². The van der Waals surface area contributed by atoms with Gasteiger partial charge in [-0.15, -0.1) is 0 Å². The molecule has 0 aliphatic heterocycles. The summed E-state index contributed by atoms with van der Waals surface area (Å²) in [4.78, 5) is 0. The van der Waals surface area contributed by atoms with Crippen molar-refractivity contribution in [2.24, 2.45) is 0 Å². The van der Waals surface area contributed by atoms with Crippen molar-refractivity contribution in [1.82, 2.24) is 5.32 Å². The molecule has 2 aromatic carbocycles. The predicted molar refractivity (Wildman–Crippen MR) is 85.7 cm³/mol. The topological polar surface area (TPSA) is 41.5 Å². The Morgan fingerprint density at radius 2 is 1.76 bits per heavy atom. The number of phenols is 1. The maximum atomic E-state index is 9.83. The molecule has 0 aromatic heterocycles. The summed E-state index contributed by atoms with van der Waals surface area (Å²) in [7, 11) is 1.62. The Hall–Kier alpha value is -2.00. The largest absolute Gasteiger partial charge is 0.508 e. The fourth-order valence-electron chi connectivity index (χ4n) is 2.19. The highest BCUT2D eigenvalue weighted by atomic mass is 16.5. The van der Waals surface area contributed by atoms with Gasteiger partial charge in [0.25, 0.3) is 0 Å². The van der Waals surface area contributed by atoms with Crippen molar-refractivity contribution in [2.75, 3.05) is 7.11 Å². The molecule has 3 heteroatoms. The van der Waals surface area contributed by atoms with E-state index in [-0.39, 0.29) is 0 Å². The van der Waals surface area contributed by atoms with Gasteiger partial charge in [0.2, 0.25) is 0 Å². The monoisotopic (exact) mass is 285 g/mol. The second kappa shape index (κ2) is 7.14. The van der Waals surface area contributed by atoms with Gasteiger partial charge < -0.3 is 15.2 Å². The van der Waals surface area contributed by atoms with Gasteiger partial charge in [-0.05, 0) is 35.2 Å². The van der Waals surface area contributed by atoms with Crippen LogP contribution >= 0.6 is 0 Å². The van der Waals surface area contributed by atoms with Gasteiger partial charge in [-0.25, -0.2) is 0 Å². The summed E-state index contributed by atoms with van der Waals surface area (Å²) in [5.74, 6) is 1.60. The molecule has 2 rings (SSSR count). The highest BCUT2D eigenvalue weighted by molar-refractivity contribution is 5.39. The van der Waals surface area contributed by atoms with Crippen LogP contribution in [0, 0.1) is 0 Å². The highest BCUT2D eigenvalue weighted by Crippen LogP contribution is 2.22. The quantitative estimate of drug-likeness (QED) is 0.848. The van der Waals surface area contributed by atoms with Gasteiger partial charge in [-0.2, -0.15) is 0 Å². The second-order valence-electron chi connectivity index (χ2n) is 5.49. The summed E-state index contributed by atoms with van der Waals surface area (Å²) in [6.45, 7) is 5.77. The van der Waals surface area contributed by atoms with Crippen molar-refractivity contribution < 1.29 is 9.84 Å². The molecular formula is C18H23NO2. The zero-order valence-corrected chi connectivity index (χ0v) is 12.9. The van der Waals surface area contributed by atoms with Crippen molar-refractivity contribution in [3.05, 3.63) is 59.2 Å². The van der Waals surface area contributed by atoms with Crippen molar-refractivity contribution in [1.29, 1.82) is 0 Å². The fourth-order valence-corrected chi connectivity index (χ4v) is 2.19. The molecule has 0 bridgehead atoms. The Morgan fingerprint density at radius 1 is 1.05 bits per heavy atom. The zero-order valence-electron chi connectivity index (χ0n) is 12.9. The van der Waals surface area contributed by atoms with Crippen LogP contribution in [0.25, 0.3) is 0 Å². The number of nitrogens with one attached hydrogen (secondary N) is 1. The van der Waals surface area contributed by atoms with E-state index in [1.165, 1.54) is 11.1 Å². The number of benzene rings is 2. The molecule has 0 unspecified atom stereocenters. The molecule has 3 nitrogen and oxygen atoms in total. The number of aromatic hydroxyl groups is 1. The van der Waals surface area contributed by atoms with Crippen LogP contribution in [0.4, 0.5) is 0 Å². The van der Waals surface area contributed by atoms with Crippen molar-refractivity contribution in [2.45, 2.75) is 32.9 Å². The van der Waals surface area contributed by atoms with Gasteiger partial charge >= 0.3 is 0 Å². The zero-order chi connectivity index (χ0) is 15.2. The fraction of sp³-hybridized carbons (Fsp3) is 0.333. The second-order valence-corrected chi connectivity index (χ2v) is 5.49. The van der Waals surface area contributed by atoms with Gasteiger partial charge in [0.1, 0.15) is 11.5 Å². The number of rotatable bonds is 6. The lowest BCUT2D eigenvalue weighted by molar-refractivity contribution is 0.410. The SMILES string of the molecule is COc1ccc(O)c(CNCc2ccc(C(C)C)cc2)c1. The maximum Gasteiger partial charge on any atom is 0.120 e. The molecule has 2 N–H and O–H groups in total. The molecule has 21 heavy (non-hydrogen) atoms. The Kier molecular flexibility index (Phi) is 5.23. The third-order valence-corrected chi connectivity index (χ3v) is 3.58. The molecule has 0 aliphatic rings. The van der Waals surface area contributed by atoms with E-state index in [9.17, 15) is 5.11 Å². The van der Waals surface area contributed by atoms with E-state index in [4.69, 9.17) is 4.74 Å². The Labute approximate surface area is 126 Å². The van der Waals surface area contributed by atoms with Gasteiger partial charge in [0, 0.05) is 18.7 Å². The normalized spacial score (nSPS) is 10.9. The number of ether oxygens (including phenoxy) is 1. The van der Waals surface area contributed by atoms with Crippen LogP contribution in [0.3, 0.4) is 0 Å². The lowest BCUT2D eigenvalue weighted by Crippen LogP contribution is -2.12. The van der Waals surface area contributed by atoms with Gasteiger partial charge in [0.15, 0.2) is 0 Å². The molecule has 0 atom stereocenters. The van der Waals surface area contributed by atoms with E-state index >= 15 is 0 Å². The first-order valence-corrected chi connectivity index (χ1v) is 7.25. The Balaban J connectivity index is 1.92. The molecule has 0 spiro atoms. The summed E-state index contributed by atoms with van der Waals surface area (Å²) < 4.78 is 5.17. The molecule has 0 saturated carbocycles. The number of phenolic OH excluding ortho intramolecular Hbond substituents is 1. The standard InChI is InChI=1S/C18H23NO2/c1-13(2)15-6-4-14(5-7-15)11-19-12-16-10-17(21-3)8-9-18(16)20/h4-10,13,19-20H,11-12H2,1-3H3. The molecule has 0 heterocycles. The van der Waals surface area contributed by atoms with Gasteiger partial charge in [-0.3, -0.25) is 0 Å². The van der Waals surface area contributed by atoms with E-state index in [0.29, 0.717) is 18.2 Å². The Morgan fingerprint density at radius 3 is 2.38 bits per heavy atom. The molecule has 112 valence electrons. The summed E-state index contributed by atoms with van der Waals surface area (Å²) in [6.07, 6.45) is 0. The number of hydrogen-bond donors (Lipinski definition) is 2. The smallest absolute Gasteiger partial charge is 0.120 e. The van der Waals surface area contributed by atoms with Crippen molar-refractivity contribution >= 4 is 0 Å². The third-order valence-electron chi connectivity index (χ3n) is 3.58. The van der Waals surface area contributed by atoms with Crippen LogP contribution in [0.5, 0.6) is 11.5 Å². The molecule has 0 saturated heterocycles. The highest BCUT2D eigenvalue weighted by Gasteiger charge is 2.03. The van der Waals surface area contributed by atoms with E-state index in [2.05, 4.69) is 43.4 Å². The average Bonchev–Trinajstić information content (AvgIpc) is 2.49. The molecule has 0 amide bonds. The minimum Gasteiger partial charge on any atom is -0.508 e. The summed E-state index contributed by atoms with van der Waals surface area (Å²) in [5.41, 5.74) is 3.43. The molecule has 2 aromatic rings. The minimum atomic E-state index is 0.290. The first-order valence-electron chi connectivity index (χ1n) is 7.25. The Bertz CT molecular complexity index is 576. The van der Waals surface area contributed by atoms with Crippen LogP contribution in [0.2, 0.25) is 0 Å². The van der Waals surface area contributed by atoms with Gasteiger partial charge in [0.05, 0.1) is 7.11 Å².